The van der Waals surface area contributed by atoms with Crippen LogP contribution in [0.1, 0.15) is 28.3 Å². The lowest BCUT2D eigenvalue weighted by Gasteiger charge is -2.23. The second-order valence-corrected chi connectivity index (χ2v) is 7.05. The van der Waals surface area contributed by atoms with E-state index in [0.29, 0.717) is 22.3 Å². The van der Waals surface area contributed by atoms with E-state index in [1.807, 2.05) is 24.3 Å². The molecule has 1 amide bonds. The average Bonchev–Trinajstić information content (AvgIpc) is 3.00. The van der Waals surface area contributed by atoms with Gasteiger partial charge in [-0.15, -0.1) is 0 Å². The van der Waals surface area contributed by atoms with E-state index < -0.39 is 0 Å². The van der Waals surface area contributed by atoms with Gasteiger partial charge in [-0.2, -0.15) is 0 Å². The number of para-hydroxylation sites is 1. The quantitative estimate of drug-likeness (QED) is 0.731. The summed E-state index contributed by atoms with van der Waals surface area (Å²) in [7, 11) is 0. The minimum Gasteiger partial charge on any atom is -0.488 e. The number of nitrogen functional groups attached to an aromatic ring is 1. The molecule has 1 aliphatic rings. The summed E-state index contributed by atoms with van der Waals surface area (Å²) >= 11 is 1.36. The highest BCUT2D eigenvalue weighted by atomic mass is 32.1. The van der Waals surface area contributed by atoms with Crippen LogP contribution in [0.5, 0.6) is 5.75 Å². The third-order valence-electron chi connectivity index (χ3n) is 4.27. The maximum absolute atomic E-state index is 13.8. The molecule has 3 N–H and O–H groups in total. The Hall–Kier alpha value is -2.93. The van der Waals surface area contributed by atoms with E-state index in [0.717, 1.165) is 10.4 Å². The van der Waals surface area contributed by atoms with Gasteiger partial charge in [-0.3, -0.25) is 4.79 Å². The number of fused-ring (bicyclic) bond motifs is 1. The van der Waals surface area contributed by atoms with Crippen LogP contribution in [-0.2, 0) is 11.4 Å². The number of thiazole rings is 1. The maximum Gasteiger partial charge on any atom is 0.226 e. The first-order valence-corrected chi connectivity index (χ1v) is 8.94. The number of amides is 1. The van der Waals surface area contributed by atoms with Crippen molar-refractivity contribution in [2.75, 3.05) is 11.1 Å². The fourth-order valence-corrected chi connectivity index (χ4v) is 3.97. The largest absolute Gasteiger partial charge is 0.488 e. The van der Waals surface area contributed by atoms with Gasteiger partial charge in [-0.1, -0.05) is 47.7 Å². The van der Waals surface area contributed by atoms with Crippen molar-refractivity contribution < 1.29 is 13.9 Å². The fraction of sp³-hybridized carbons (Fsp3) is 0.158. The predicted octanol–water partition coefficient (Wildman–Crippen LogP) is 3.92. The fourth-order valence-electron chi connectivity index (χ4n) is 3.06. The highest BCUT2D eigenvalue weighted by Crippen LogP contribution is 2.44. The number of aromatic nitrogens is 1. The highest BCUT2D eigenvalue weighted by Gasteiger charge is 2.31. The molecule has 4 rings (SSSR count). The van der Waals surface area contributed by atoms with Gasteiger partial charge in [0, 0.05) is 23.5 Å². The molecule has 26 heavy (non-hydrogen) atoms. The molecule has 1 atom stereocenters. The van der Waals surface area contributed by atoms with E-state index in [9.17, 15) is 9.18 Å². The second kappa shape index (κ2) is 6.76. The number of carbonyl (C=O) groups is 1. The molecule has 1 aromatic heterocycles. The Morgan fingerprint density at radius 1 is 1.23 bits per heavy atom. The van der Waals surface area contributed by atoms with Gasteiger partial charge in [0.15, 0.2) is 5.13 Å². The van der Waals surface area contributed by atoms with Gasteiger partial charge in [0.05, 0.1) is 4.88 Å². The SMILES string of the molecule is Nc1nc2c(s1)[C@@H](c1ccccc1OCc1ccccc1F)CC(=O)N2. The number of nitrogens with two attached hydrogens (primary N) is 1. The molecule has 3 aromatic rings. The predicted molar refractivity (Wildman–Crippen MR) is 98.8 cm³/mol. The molecule has 5 nitrogen and oxygen atoms in total. The van der Waals surface area contributed by atoms with Crippen LogP contribution in [0, 0.1) is 5.82 Å². The van der Waals surface area contributed by atoms with Crippen LogP contribution in [0.4, 0.5) is 15.3 Å². The smallest absolute Gasteiger partial charge is 0.226 e. The number of carbonyl (C=O) groups excluding carboxylic acids is 1. The zero-order valence-corrected chi connectivity index (χ0v) is 14.6. The molecule has 0 spiro atoms. The van der Waals surface area contributed by atoms with Crippen LogP contribution in [-0.4, -0.2) is 10.9 Å². The van der Waals surface area contributed by atoms with Crippen molar-refractivity contribution in [2.24, 2.45) is 0 Å². The first kappa shape index (κ1) is 16.5. The molecule has 0 unspecified atom stereocenters. The molecule has 0 aliphatic carbocycles. The van der Waals surface area contributed by atoms with E-state index in [4.69, 9.17) is 10.5 Å². The topological polar surface area (TPSA) is 77.2 Å². The summed E-state index contributed by atoms with van der Waals surface area (Å²) in [5.74, 6) is 0.521. The molecule has 0 saturated carbocycles. The van der Waals surface area contributed by atoms with E-state index in [1.54, 1.807) is 18.2 Å². The van der Waals surface area contributed by atoms with Gasteiger partial charge in [0.25, 0.3) is 0 Å². The number of nitrogens with one attached hydrogen (secondary N) is 1. The minimum absolute atomic E-state index is 0.111. The number of anilines is 2. The maximum atomic E-state index is 13.8. The zero-order valence-electron chi connectivity index (χ0n) is 13.7. The number of rotatable bonds is 4. The zero-order chi connectivity index (χ0) is 18.1. The molecular weight excluding hydrogens is 353 g/mol. The number of hydrogen-bond donors (Lipinski definition) is 2. The van der Waals surface area contributed by atoms with Crippen molar-refractivity contribution >= 4 is 28.2 Å². The van der Waals surface area contributed by atoms with Crippen LogP contribution in [0.25, 0.3) is 0 Å². The van der Waals surface area contributed by atoms with Crippen molar-refractivity contribution in [3.05, 3.63) is 70.4 Å². The van der Waals surface area contributed by atoms with Gasteiger partial charge in [0.1, 0.15) is 24.0 Å². The Bertz CT molecular complexity index is 973. The normalized spacial score (nSPS) is 16.0. The van der Waals surface area contributed by atoms with Crippen LogP contribution in [0.15, 0.2) is 48.5 Å². The third-order valence-corrected chi connectivity index (χ3v) is 5.27. The monoisotopic (exact) mass is 369 g/mol. The lowest BCUT2D eigenvalue weighted by molar-refractivity contribution is -0.116. The standard InChI is InChI=1S/C19H16FN3O2S/c20-14-7-3-1-5-11(14)10-25-15-8-4-2-6-12(15)13-9-16(24)22-18-17(13)26-19(21)23-18/h1-8,13H,9-10H2,(H2,21,23)(H,22,24)/t13-/m1/s1. The van der Waals surface area contributed by atoms with Crippen LogP contribution in [0.3, 0.4) is 0 Å². The Labute approximate surface area is 153 Å². The third kappa shape index (κ3) is 3.13. The van der Waals surface area contributed by atoms with Crippen molar-refractivity contribution in [3.63, 3.8) is 0 Å². The van der Waals surface area contributed by atoms with Crippen molar-refractivity contribution in [1.29, 1.82) is 0 Å². The molecule has 0 bridgehead atoms. The molecule has 0 radical (unpaired) electrons. The van der Waals surface area contributed by atoms with E-state index >= 15 is 0 Å². The molecular formula is C19H16FN3O2S. The molecule has 0 fully saturated rings. The van der Waals surface area contributed by atoms with Gasteiger partial charge >= 0.3 is 0 Å². The van der Waals surface area contributed by atoms with E-state index in [1.165, 1.54) is 17.4 Å². The van der Waals surface area contributed by atoms with E-state index in [2.05, 4.69) is 10.3 Å². The molecule has 1 aliphatic heterocycles. The van der Waals surface area contributed by atoms with Gasteiger partial charge < -0.3 is 15.8 Å². The highest BCUT2D eigenvalue weighted by molar-refractivity contribution is 7.16. The number of benzene rings is 2. The first-order valence-electron chi connectivity index (χ1n) is 8.13. The van der Waals surface area contributed by atoms with E-state index in [-0.39, 0.29) is 30.7 Å². The summed E-state index contributed by atoms with van der Waals surface area (Å²) < 4.78 is 19.7. The Morgan fingerprint density at radius 2 is 2.00 bits per heavy atom. The molecule has 0 saturated heterocycles. The van der Waals surface area contributed by atoms with Crippen LogP contribution in [0.2, 0.25) is 0 Å². The van der Waals surface area contributed by atoms with Crippen molar-refractivity contribution in [2.45, 2.75) is 18.9 Å². The summed E-state index contributed by atoms with van der Waals surface area (Å²) in [5, 5.41) is 3.16. The second-order valence-electron chi connectivity index (χ2n) is 5.99. The number of ether oxygens (including phenoxy) is 1. The molecule has 2 heterocycles. The molecule has 132 valence electrons. The molecule has 7 heteroatoms. The Kier molecular flexibility index (Phi) is 4.30. The Balaban J connectivity index is 1.66. The average molecular weight is 369 g/mol. The lowest BCUT2D eigenvalue weighted by atomic mass is 9.91. The van der Waals surface area contributed by atoms with Crippen LogP contribution < -0.4 is 15.8 Å². The number of nitrogens with zero attached hydrogens (tertiary/aromatic N) is 1. The van der Waals surface area contributed by atoms with Gasteiger partial charge in [-0.05, 0) is 12.1 Å². The summed E-state index contributed by atoms with van der Waals surface area (Å²) in [4.78, 5) is 17.2. The van der Waals surface area contributed by atoms with Gasteiger partial charge in [-0.25, -0.2) is 9.37 Å². The summed E-state index contributed by atoms with van der Waals surface area (Å²) in [5.41, 5.74) is 7.16. The van der Waals surface area contributed by atoms with Crippen molar-refractivity contribution in [3.8, 4) is 5.75 Å². The first-order chi connectivity index (χ1) is 12.6. The molecule has 2 aromatic carbocycles. The Morgan fingerprint density at radius 3 is 2.85 bits per heavy atom. The number of hydrogen-bond acceptors (Lipinski definition) is 5. The summed E-state index contributed by atoms with van der Waals surface area (Å²) in [6, 6.07) is 14.0. The summed E-state index contributed by atoms with van der Waals surface area (Å²) in [6.45, 7) is 0.111. The lowest BCUT2D eigenvalue weighted by Crippen LogP contribution is -2.23. The van der Waals surface area contributed by atoms with Gasteiger partial charge in [0.2, 0.25) is 5.91 Å². The summed E-state index contributed by atoms with van der Waals surface area (Å²) in [6.07, 6.45) is 0.286. The van der Waals surface area contributed by atoms with Crippen LogP contribution >= 0.6 is 11.3 Å². The number of halogens is 1. The minimum atomic E-state index is -0.306. The van der Waals surface area contributed by atoms with Crippen molar-refractivity contribution in [1.82, 2.24) is 4.98 Å².